The van der Waals surface area contributed by atoms with E-state index in [9.17, 15) is 14.0 Å². The van der Waals surface area contributed by atoms with E-state index in [1.165, 1.54) is 22.0 Å². The first-order chi connectivity index (χ1) is 14.9. The molecule has 1 atom stereocenters. The predicted octanol–water partition coefficient (Wildman–Crippen LogP) is 3.59. The topological polar surface area (TPSA) is 60.7 Å². The predicted molar refractivity (Wildman–Crippen MR) is 118 cm³/mol. The molecule has 0 N–H and O–H groups in total. The first kappa shape index (κ1) is 21.2. The van der Waals surface area contributed by atoms with Crippen molar-refractivity contribution in [1.29, 1.82) is 0 Å². The number of hydrogen-bond donors (Lipinski definition) is 0. The first-order valence-electron chi connectivity index (χ1n) is 9.60. The third-order valence-corrected chi connectivity index (χ3v) is 6.12. The highest BCUT2D eigenvalue weighted by atomic mass is 35.5. The van der Waals surface area contributed by atoms with Gasteiger partial charge >= 0.3 is 5.97 Å². The van der Waals surface area contributed by atoms with Crippen molar-refractivity contribution in [2.24, 2.45) is 4.99 Å². The van der Waals surface area contributed by atoms with Gasteiger partial charge in [-0.2, -0.15) is 0 Å². The molecule has 4 rings (SSSR count). The Hall–Kier alpha value is -3.03. The van der Waals surface area contributed by atoms with Gasteiger partial charge in [0.25, 0.3) is 5.56 Å². The van der Waals surface area contributed by atoms with Crippen LogP contribution in [0.3, 0.4) is 0 Å². The second kappa shape index (κ2) is 8.61. The molecule has 1 aliphatic rings. The molecule has 158 valence electrons. The van der Waals surface area contributed by atoms with Crippen LogP contribution in [0, 0.1) is 5.82 Å². The maximum Gasteiger partial charge on any atom is 0.338 e. The van der Waals surface area contributed by atoms with Crippen LogP contribution >= 0.6 is 22.9 Å². The zero-order chi connectivity index (χ0) is 22.1. The lowest BCUT2D eigenvalue weighted by Crippen LogP contribution is -2.40. The lowest BCUT2D eigenvalue weighted by molar-refractivity contribution is -0.139. The number of benzene rings is 2. The average molecular weight is 457 g/mol. The van der Waals surface area contributed by atoms with Gasteiger partial charge in [-0.15, -0.1) is 0 Å². The molecule has 2 heterocycles. The van der Waals surface area contributed by atoms with Gasteiger partial charge in [0.1, 0.15) is 11.9 Å². The van der Waals surface area contributed by atoms with Gasteiger partial charge in [0.05, 0.1) is 22.4 Å². The van der Waals surface area contributed by atoms with E-state index in [2.05, 4.69) is 4.99 Å². The molecule has 0 amide bonds. The number of carbonyl (C=O) groups is 1. The highest BCUT2D eigenvalue weighted by molar-refractivity contribution is 7.07. The van der Waals surface area contributed by atoms with E-state index in [0.29, 0.717) is 20.1 Å². The van der Waals surface area contributed by atoms with Crippen LogP contribution in [0.2, 0.25) is 5.02 Å². The highest BCUT2D eigenvalue weighted by Crippen LogP contribution is 2.32. The number of halogens is 2. The van der Waals surface area contributed by atoms with E-state index >= 15 is 0 Å². The van der Waals surface area contributed by atoms with Crippen molar-refractivity contribution in [1.82, 2.24) is 4.57 Å². The molecule has 2 aromatic carbocycles. The number of fused-ring (bicyclic) bond motifs is 1. The van der Waals surface area contributed by atoms with Crippen molar-refractivity contribution in [3.63, 3.8) is 0 Å². The van der Waals surface area contributed by atoms with Gasteiger partial charge in [-0.05, 0) is 43.7 Å². The molecule has 0 spiro atoms. The number of esters is 1. The fraction of sp³-hybridized carbons (Fsp3) is 0.174. The lowest BCUT2D eigenvalue weighted by Gasteiger charge is -2.24. The van der Waals surface area contributed by atoms with E-state index in [1.54, 1.807) is 62.4 Å². The number of aromatic nitrogens is 1. The van der Waals surface area contributed by atoms with E-state index in [1.807, 2.05) is 0 Å². The molecule has 0 aliphatic carbocycles. The fourth-order valence-corrected chi connectivity index (χ4v) is 4.67. The van der Waals surface area contributed by atoms with Gasteiger partial charge in [-0.1, -0.05) is 53.3 Å². The molecule has 31 heavy (non-hydrogen) atoms. The molecule has 0 unspecified atom stereocenters. The summed E-state index contributed by atoms with van der Waals surface area (Å²) in [5.74, 6) is -1.14. The fourth-order valence-electron chi connectivity index (χ4n) is 3.49. The Balaban J connectivity index is 1.97. The zero-order valence-electron chi connectivity index (χ0n) is 16.8. The van der Waals surface area contributed by atoms with Crippen molar-refractivity contribution in [3.05, 3.63) is 101 Å². The first-order valence-corrected chi connectivity index (χ1v) is 10.8. The molecular formula is C23H18ClFN2O3S. The maximum absolute atomic E-state index is 14.8. The van der Waals surface area contributed by atoms with Gasteiger partial charge in [-0.3, -0.25) is 9.36 Å². The second-order valence-corrected chi connectivity index (χ2v) is 8.32. The number of rotatable bonds is 4. The Morgan fingerprint density at radius 3 is 2.65 bits per heavy atom. The minimum Gasteiger partial charge on any atom is -0.463 e. The van der Waals surface area contributed by atoms with Crippen molar-refractivity contribution < 1.29 is 13.9 Å². The van der Waals surface area contributed by atoms with Crippen LogP contribution in [0.4, 0.5) is 4.39 Å². The molecule has 1 aromatic heterocycles. The van der Waals surface area contributed by atoms with Crippen LogP contribution in [-0.2, 0) is 9.53 Å². The average Bonchev–Trinajstić information content (AvgIpc) is 3.04. The molecule has 0 radical (unpaired) electrons. The van der Waals surface area contributed by atoms with Crippen LogP contribution in [0.15, 0.2) is 69.6 Å². The molecule has 1 aliphatic heterocycles. The van der Waals surface area contributed by atoms with E-state index in [0.717, 1.165) is 5.56 Å². The standard InChI is InChI=1S/C23H18ClFN2O3S/c1-3-30-22(29)19-13(2)26-23-27(20(19)16-6-4-5-7-17(16)25)21(28)18(31-23)12-14-8-10-15(24)11-9-14/h4-12,20H,3H2,1-2H3/b18-12+/t20-/m1/s1. The Bertz CT molecular complexity index is 1370. The summed E-state index contributed by atoms with van der Waals surface area (Å²) < 4.78 is 21.8. The van der Waals surface area contributed by atoms with Gasteiger partial charge in [-0.25, -0.2) is 14.2 Å². The highest BCUT2D eigenvalue weighted by Gasteiger charge is 2.34. The number of allylic oxidation sites excluding steroid dienone is 1. The van der Waals surface area contributed by atoms with E-state index in [4.69, 9.17) is 16.3 Å². The number of nitrogens with zero attached hydrogens (tertiary/aromatic N) is 2. The molecule has 5 nitrogen and oxygen atoms in total. The van der Waals surface area contributed by atoms with Crippen LogP contribution < -0.4 is 14.9 Å². The molecular weight excluding hydrogens is 439 g/mol. The summed E-state index contributed by atoms with van der Waals surface area (Å²) in [5.41, 5.74) is 1.18. The van der Waals surface area contributed by atoms with Gasteiger partial charge in [0, 0.05) is 10.6 Å². The zero-order valence-corrected chi connectivity index (χ0v) is 18.3. The third-order valence-electron chi connectivity index (χ3n) is 4.88. The maximum atomic E-state index is 14.8. The number of ether oxygens (including phenoxy) is 1. The van der Waals surface area contributed by atoms with Crippen molar-refractivity contribution >= 4 is 35.0 Å². The normalized spacial score (nSPS) is 16.1. The minimum absolute atomic E-state index is 0.150. The summed E-state index contributed by atoms with van der Waals surface area (Å²) in [4.78, 5) is 31.0. The van der Waals surface area contributed by atoms with Crippen LogP contribution in [-0.4, -0.2) is 17.1 Å². The quantitative estimate of drug-likeness (QED) is 0.564. The summed E-state index contributed by atoms with van der Waals surface area (Å²) >= 11 is 7.12. The van der Waals surface area contributed by atoms with Gasteiger partial charge in [0.2, 0.25) is 0 Å². The SMILES string of the molecule is CCOC(=O)C1=C(C)N=c2s/c(=C/c3ccc(Cl)cc3)c(=O)n2[C@@H]1c1ccccc1F. The van der Waals surface area contributed by atoms with E-state index in [-0.39, 0.29) is 23.3 Å². The summed E-state index contributed by atoms with van der Waals surface area (Å²) in [6.07, 6.45) is 1.72. The molecule has 0 fully saturated rings. The smallest absolute Gasteiger partial charge is 0.338 e. The number of thiazole rings is 1. The van der Waals surface area contributed by atoms with Crippen molar-refractivity contribution in [2.45, 2.75) is 19.9 Å². The van der Waals surface area contributed by atoms with Crippen LogP contribution in [0.25, 0.3) is 6.08 Å². The molecule has 0 bridgehead atoms. The largest absolute Gasteiger partial charge is 0.463 e. The van der Waals surface area contributed by atoms with Crippen LogP contribution in [0.1, 0.15) is 31.0 Å². The minimum atomic E-state index is -0.969. The summed E-state index contributed by atoms with van der Waals surface area (Å²) in [5, 5.41) is 0.591. The summed E-state index contributed by atoms with van der Waals surface area (Å²) in [6.45, 7) is 3.50. The third kappa shape index (κ3) is 3.98. The Labute approximate surface area is 186 Å². The van der Waals surface area contributed by atoms with Crippen molar-refractivity contribution in [2.75, 3.05) is 6.61 Å². The summed E-state index contributed by atoms with van der Waals surface area (Å²) in [6, 6.07) is 12.2. The monoisotopic (exact) mass is 456 g/mol. The molecule has 0 saturated carbocycles. The number of hydrogen-bond acceptors (Lipinski definition) is 5. The Kier molecular flexibility index (Phi) is 5.89. The van der Waals surface area contributed by atoms with Gasteiger partial charge < -0.3 is 4.74 Å². The Morgan fingerprint density at radius 1 is 1.26 bits per heavy atom. The van der Waals surface area contributed by atoms with Crippen LogP contribution in [0.5, 0.6) is 0 Å². The molecule has 3 aromatic rings. The molecule has 0 saturated heterocycles. The molecule has 8 heteroatoms. The second-order valence-electron chi connectivity index (χ2n) is 6.88. The van der Waals surface area contributed by atoms with Crippen molar-refractivity contribution in [3.8, 4) is 0 Å². The van der Waals surface area contributed by atoms with Gasteiger partial charge in [0.15, 0.2) is 4.80 Å². The number of carbonyl (C=O) groups excluding carboxylic acids is 1. The lowest BCUT2D eigenvalue weighted by atomic mass is 9.95. The van der Waals surface area contributed by atoms with E-state index < -0.39 is 17.8 Å². The Morgan fingerprint density at radius 2 is 1.97 bits per heavy atom. The summed E-state index contributed by atoms with van der Waals surface area (Å²) in [7, 11) is 0.